The molecule has 0 aromatic rings. The van der Waals surface area contributed by atoms with Crippen molar-refractivity contribution in [3.8, 4) is 0 Å². The van der Waals surface area contributed by atoms with E-state index in [4.69, 9.17) is 0 Å². The zero-order valence-electron chi connectivity index (χ0n) is 5.61. The fourth-order valence-electron chi connectivity index (χ4n) is 0.773. The highest BCUT2D eigenvalue weighted by molar-refractivity contribution is 7.03. The SMILES string of the molecule is c1cnsc2cn[nH][nH]c=2c1. The van der Waals surface area contributed by atoms with Crippen LogP contribution >= 0.6 is 11.5 Å². The van der Waals surface area contributed by atoms with E-state index in [1.54, 1.807) is 12.4 Å². The summed E-state index contributed by atoms with van der Waals surface area (Å²) < 4.78 is 5.07. The predicted molar refractivity (Wildman–Crippen MR) is 41.5 cm³/mol. The molecule has 0 fully saturated rings. The minimum Gasteiger partial charge on any atom is -0.284 e. The first kappa shape index (κ1) is 6.36. The molecule has 0 aromatic carbocycles. The molecule has 0 bridgehead atoms. The van der Waals surface area contributed by atoms with Gasteiger partial charge in [0.05, 0.1) is 16.1 Å². The molecule has 5 heteroatoms. The van der Waals surface area contributed by atoms with Crippen molar-refractivity contribution in [1.29, 1.82) is 0 Å². The highest BCUT2D eigenvalue weighted by Crippen LogP contribution is 1.94. The highest BCUT2D eigenvalue weighted by Gasteiger charge is 1.82. The molecule has 0 aromatic heterocycles. The van der Waals surface area contributed by atoms with Crippen LogP contribution in [0.2, 0.25) is 0 Å². The third kappa shape index (κ3) is 1.22. The van der Waals surface area contributed by atoms with Crippen LogP contribution in [0.15, 0.2) is 24.5 Å². The molecular weight excluding hydrogens is 160 g/mol. The number of rotatable bonds is 0. The van der Waals surface area contributed by atoms with Crippen LogP contribution < -0.4 is 0 Å². The van der Waals surface area contributed by atoms with Crippen LogP contribution in [0.5, 0.6) is 0 Å². The molecule has 0 saturated carbocycles. The Bertz CT molecular complexity index is 385. The van der Waals surface area contributed by atoms with Crippen LogP contribution in [-0.4, -0.2) is 19.8 Å². The topological polar surface area (TPSA) is 57.4 Å². The molecule has 0 spiro atoms. The molecule has 0 saturated heterocycles. The maximum atomic E-state index is 4.04. The summed E-state index contributed by atoms with van der Waals surface area (Å²) in [5.41, 5.74) is 0. The van der Waals surface area contributed by atoms with Crippen molar-refractivity contribution in [2.75, 3.05) is 0 Å². The van der Waals surface area contributed by atoms with Crippen LogP contribution in [-0.2, 0) is 0 Å². The van der Waals surface area contributed by atoms with Gasteiger partial charge in [0, 0.05) is 6.20 Å². The quantitative estimate of drug-likeness (QED) is 0.614. The summed E-state index contributed by atoms with van der Waals surface area (Å²) >= 11 is 1.40. The number of aromatic amines is 2. The number of nitrogens with zero attached hydrogens (tertiary/aromatic N) is 2. The summed E-state index contributed by atoms with van der Waals surface area (Å²) in [6, 6.07) is 3.82. The standard InChI is InChI=1S/C6H6N4S/c1-2-5-6(11-8-3-1)4-7-10-9-5/h1-4,9-10H. The Labute approximate surface area is 66.4 Å². The van der Waals surface area contributed by atoms with E-state index in [-0.39, 0.29) is 0 Å². The third-order valence-electron chi connectivity index (χ3n) is 1.26. The van der Waals surface area contributed by atoms with Gasteiger partial charge < -0.3 is 0 Å². The van der Waals surface area contributed by atoms with E-state index in [2.05, 4.69) is 19.8 Å². The zero-order valence-corrected chi connectivity index (χ0v) is 6.43. The number of hydrogen-bond donors (Lipinski definition) is 2. The van der Waals surface area contributed by atoms with Crippen LogP contribution in [0, 0.1) is 9.88 Å². The lowest BCUT2D eigenvalue weighted by Gasteiger charge is -1.84. The van der Waals surface area contributed by atoms with Gasteiger partial charge in [0.25, 0.3) is 0 Å². The van der Waals surface area contributed by atoms with Crippen molar-refractivity contribution in [2.24, 2.45) is 0 Å². The Morgan fingerprint density at radius 3 is 3.45 bits per heavy atom. The Morgan fingerprint density at radius 1 is 1.45 bits per heavy atom. The van der Waals surface area contributed by atoms with Gasteiger partial charge in [0.2, 0.25) is 0 Å². The fourth-order valence-corrected chi connectivity index (χ4v) is 1.33. The minimum absolute atomic E-state index is 1.00. The lowest BCUT2D eigenvalue weighted by atomic mass is 10.5. The summed E-state index contributed by atoms with van der Waals surface area (Å²) in [7, 11) is 0. The second kappa shape index (κ2) is 2.71. The van der Waals surface area contributed by atoms with E-state index in [0.29, 0.717) is 0 Å². The minimum atomic E-state index is 1.00. The molecule has 56 valence electrons. The van der Waals surface area contributed by atoms with Gasteiger partial charge in [-0.05, 0) is 23.7 Å². The van der Waals surface area contributed by atoms with Crippen LogP contribution in [0.1, 0.15) is 0 Å². The average molecular weight is 166 g/mol. The van der Waals surface area contributed by atoms with Gasteiger partial charge in [0.15, 0.2) is 0 Å². The van der Waals surface area contributed by atoms with Crippen LogP contribution in [0.25, 0.3) is 0 Å². The molecule has 2 rings (SSSR count). The van der Waals surface area contributed by atoms with E-state index in [0.717, 1.165) is 9.88 Å². The molecule has 0 amide bonds. The van der Waals surface area contributed by atoms with Crippen molar-refractivity contribution < 1.29 is 0 Å². The monoisotopic (exact) mass is 166 g/mol. The first-order chi connectivity index (χ1) is 5.47. The second-order valence-electron chi connectivity index (χ2n) is 1.98. The summed E-state index contributed by atoms with van der Waals surface area (Å²) in [5.74, 6) is 0. The van der Waals surface area contributed by atoms with Crippen molar-refractivity contribution in [1.82, 2.24) is 19.8 Å². The van der Waals surface area contributed by atoms with Crippen molar-refractivity contribution in [3.63, 3.8) is 0 Å². The lowest BCUT2D eigenvalue weighted by molar-refractivity contribution is 0.845. The van der Waals surface area contributed by atoms with E-state index < -0.39 is 0 Å². The average Bonchev–Trinajstić information content (AvgIpc) is 2.28. The maximum absolute atomic E-state index is 4.04. The van der Waals surface area contributed by atoms with E-state index in [9.17, 15) is 0 Å². The predicted octanol–water partition coefficient (Wildman–Crippen LogP) is 1.04. The maximum Gasteiger partial charge on any atom is 0.0912 e. The summed E-state index contributed by atoms with van der Waals surface area (Å²) in [6.07, 6.45) is 3.49. The number of hydrogen-bond acceptors (Lipinski definition) is 3. The van der Waals surface area contributed by atoms with Gasteiger partial charge in [-0.15, -0.1) is 0 Å². The molecule has 0 unspecified atom stereocenters. The Morgan fingerprint density at radius 2 is 2.45 bits per heavy atom. The molecule has 0 atom stereocenters. The van der Waals surface area contributed by atoms with Gasteiger partial charge >= 0.3 is 0 Å². The molecule has 0 radical (unpaired) electrons. The fraction of sp³-hybridized carbons (Fsp3) is 0. The number of H-pyrrole nitrogens is 2. The summed E-state index contributed by atoms with van der Waals surface area (Å²) in [4.78, 5) is 0. The molecule has 11 heavy (non-hydrogen) atoms. The van der Waals surface area contributed by atoms with E-state index in [1.807, 2.05) is 12.1 Å². The largest absolute Gasteiger partial charge is 0.284 e. The number of aromatic nitrogens is 4. The molecular formula is C6H6N4S. The lowest BCUT2D eigenvalue weighted by Crippen LogP contribution is -1.85. The smallest absolute Gasteiger partial charge is 0.0912 e. The van der Waals surface area contributed by atoms with Crippen molar-refractivity contribution in [2.45, 2.75) is 0 Å². The van der Waals surface area contributed by atoms with Gasteiger partial charge in [-0.2, -0.15) is 5.10 Å². The normalized spacial score (nSPS) is 9.82. The van der Waals surface area contributed by atoms with Crippen molar-refractivity contribution >= 4 is 11.5 Å². The Hall–Kier alpha value is -1.36. The first-order valence-electron chi connectivity index (χ1n) is 3.12. The Kier molecular flexibility index (Phi) is 1.57. The summed E-state index contributed by atoms with van der Waals surface area (Å²) in [6.45, 7) is 0. The van der Waals surface area contributed by atoms with Gasteiger partial charge in [-0.1, -0.05) is 0 Å². The molecule has 4 nitrogen and oxygen atoms in total. The zero-order chi connectivity index (χ0) is 7.52. The molecule has 2 aliphatic heterocycles. The second-order valence-corrected chi connectivity index (χ2v) is 2.81. The first-order valence-corrected chi connectivity index (χ1v) is 3.89. The van der Waals surface area contributed by atoms with E-state index >= 15 is 0 Å². The number of nitrogens with one attached hydrogen (secondary N) is 2. The Balaban J connectivity index is 3.02. The molecule has 2 heterocycles. The van der Waals surface area contributed by atoms with Crippen LogP contribution in [0.4, 0.5) is 0 Å². The van der Waals surface area contributed by atoms with Crippen LogP contribution in [0.3, 0.4) is 0 Å². The van der Waals surface area contributed by atoms with Gasteiger partial charge in [-0.3, -0.25) is 5.10 Å². The highest BCUT2D eigenvalue weighted by atomic mass is 32.1. The van der Waals surface area contributed by atoms with E-state index in [1.165, 1.54) is 11.5 Å². The van der Waals surface area contributed by atoms with Gasteiger partial charge in [-0.25, -0.2) is 9.59 Å². The van der Waals surface area contributed by atoms with Gasteiger partial charge in [0.1, 0.15) is 0 Å². The summed E-state index contributed by atoms with van der Waals surface area (Å²) in [5, 5.41) is 10.4. The third-order valence-corrected chi connectivity index (χ3v) is 2.01. The molecule has 2 N–H and O–H groups in total. The molecule has 2 aliphatic rings. The van der Waals surface area contributed by atoms with Crippen molar-refractivity contribution in [3.05, 3.63) is 34.4 Å². The molecule has 0 aliphatic carbocycles.